The number of hydrogen-bond donors (Lipinski definition) is 2. The van der Waals surface area contributed by atoms with Gasteiger partial charge in [-0.2, -0.15) is 19.0 Å². The van der Waals surface area contributed by atoms with E-state index in [1.54, 1.807) is 31.3 Å². The summed E-state index contributed by atoms with van der Waals surface area (Å²) in [5, 5.41) is 21.6. The summed E-state index contributed by atoms with van der Waals surface area (Å²) < 4.78 is 33.8. The van der Waals surface area contributed by atoms with Crippen molar-refractivity contribution in [3.05, 3.63) is 60.2 Å². The van der Waals surface area contributed by atoms with Gasteiger partial charge < -0.3 is 20.0 Å². The highest BCUT2D eigenvalue weighted by Crippen LogP contribution is 2.36. The molecule has 188 valence electrons. The summed E-state index contributed by atoms with van der Waals surface area (Å²) in [7, 11) is 3.35. The van der Waals surface area contributed by atoms with E-state index in [0.29, 0.717) is 17.5 Å². The van der Waals surface area contributed by atoms with Gasteiger partial charge in [0.15, 0.2) is 5.65 Å². The first-order valence-corrected chi connectivity index (χ1v) is 10.8. The number of carbonyl (C=O) groups is 2. The lowest BCUT2D eigenvalue weighted by Crippen LogP contribution is -2.31. The molecule has 0 saturated heterocycles. The second-order valence-corrected chi connectivity index (χ2v) is 8.04. The number of nitrogens with zero attached hydrogens (tertiary/aromatic N) is 6. The van der Waals surface area contributed by atoms with Gasteiger partial charge in [-0.1, -0.05) is 6.07 Å². The lowest BCUT2D eigenvalue weighted by Gasteiger charge is -2.17. The minimum absolute atomic E-state index is 0.0210. The summed E-state index contributed by atoms with van der Waals surface area (Å²) in [5.41, 5.74) is 1.46. The molecular weight excluding hydrogens is 476 g/mol. The third-order valence-corrected chi connectivity index (χ3v) is 5.31. The number of fused-ring (bicyclic) bond motifs is 1. The van der Waals surface area contributed by atoms with Gasteiger partial charge in [0.2, 0.25) is 0 Å². The Morgan fingerprint density at radius 2 is 2.14 bits per heavy atom. The minimum atomic E-state index is -3.11. The van der Waals surface area contributed by atoms with E-state index >= 15 is 0 Å². The number of likely N-dealkylation sites (N-methyl/N-ethyl adjacent to an activating group) is 1. The molecule has 13 heteroatoms. The normalized spacial score (nSPS) is 12.3. The number of aliphatic hydroxyl groups excluding tert-OH is 1. The lowest BCUT2D eigenvalue weighted by molar-refractivity contribution is -0.107. The van der Waals surface area contributed by atoms with Crippen LogP contribution in [0.1, 0.15) is 15.9 Å². The van der Waals surface area contributed by atoms with Gasteiger partial charge in [-0.25, -0.2) is 9.50 Å². The highest BCUT2D eigenvalue weighted by atomic mass is 19.3. The maximum atomic E-state index is 13.1. The van der Waals surface area contributed by atoms with Gasteiger partial charge in [-0.15, -0.1) is 0 Å². The molecule has 1 aromatic carbocycles. The van der Waals surface area contributed by atoms with E-state index in [0.717, 1.165) is 0 Å². The Hall–Kier alpha value is -4.23. The lowest BCUT2D eigenvalue weighted by atomic mass is 10.0. The number of carbonyl (C=O) groups excluding carboxylic acids is 2. The number of benzene rings is 1. The van der Waals surface area contributed by atoms with Gasteiger partial charge in [0.1, 0.15) is 29.5 Å². The van der Waals surface area contributed by atoms with Crippen LogP contribution in [0.5, 0.6) is 5.75 Å². The van der Waals surface area contributed by atoms with Crippen molar-refractivity contribution in [2.45, 2.75) is 25.8 Å². The van der Waals surface area contributed by atoms with Crippen molar-refractivity contribution in [2.75, 3.05) is 19.4 Å². The molecule has 0 spiro atoms. The third-order valence-electron chi connectivity index (χ3n) is 5.31. The first kappa shape index (κ1) is 24.9. The van der Waals surface area contributed by atoms with Gasteiger partial charge in [0.25, 0.3) is 5.91 Å². The van der Waals surface area contributed by atoms with Crippen LogP contribution in [0.3, 0.4) is 0 Å². The highest BCUT2D eigenvalue weighted by Gasteiger charge is 2.23. The van der Waals surface area contributed by atoms with Gasteiger partial charge in [0, 0.05) is 30.6 Å². The number of aliphatic hydroxyl groups is 1. The molecule has 0 aliphatic rings. The molecule has 0 bridgehead atoms. The van der Waals surface area contributed by atoms with Crippen molar-refractivity contribution >= 4 is 23.5 Å². The third kappa shape index (κ3) is 5.37. The Labute approximate surface area is 203 Å². The monoisotopic (exact) mass is 499 g/mol. The van der Waals surface area contributed by atoms with Crippen LogP contribution in [0, 0.1) is 0 Å². The summed E-state index contributed by atoms with van der Waals surface area (Å²) in [5.74, 6) is -0.746. The molecule has 3 heterocycles. The van der Waals surface area contributed by atoms with Crippen LogP contribution in [0.25, 0.3) is 16.9 Å². The topological polar surface area (TPSA) is 127 Å². The van der Waals surface area contributed by atoms with Gasteiger partial charge in [-0.3, -0.25) is 14.4 Å². The Morgan fingerprint density at radius 3 is 2.86 bits per heavy atom. The molecule has 36 heavy (non-hydrogen) atoms. The fourth-order valence-electron chi connectivity index (χ4n) is 3.50. The standard InChI is InChI=1S/C23H23F2N7O4/c1-30(2)19(34)13-31-12-17(28-22(35)16-11-27-32-8-3-7-26-21(16)32)20(29-31)15-10-14(6-9-33)4-5-18(15)36-23(24)25/h3-5,7-12,19,23,34H,6,13H2,1-2H3,(H,28,35). The molecule has 4 rings (SSSR count). The van der Waals surface area contributed by atoms with Crippen LogP contribution in [-0.2, 0) is 17.8 Å². The van der Waals surface area contributed by atoms with Crippen LogP contribution < -0.4 is 10.1 Å². The van der Waals surface area contributed by atoms with E-state index in [2.05, 4.69) is 25.2 Å². The van der Waals surface area contributed by atoms with Crippen molar-refractivity contribution < 1.29 is 28.2 Å². The van der Waals surface area contributed by atoms with Crippen molar-refractivity contribution in [3.63, 3.8) is 0 Å². The fourth-order valence-corrected chi connectivity index (χ4v) is 3.50. The molecule has 2 N–H and O–H groups in total. The number of aromatic nitrogens is 5. The number of halogens is 2. The largest absolute Gasteiger partial charge is 0.434 e. The molecule has 0 aliphatic heterocycles. The second-order valence-electron chi connectivity index (χ2n) is 8.04. The molecule has 0 fully saturated rings. The number of amides is 1. The zero-order valence-corrected chi connectivity index (χ0v) is 19.4. The average Bonchev–Trinajstić information content (AvgIpc) is 3.44. The van der Waals surface area contributed by atoms with E-state index in [-0.39, 0.29) is 41.2 Å². The maximum absolute atomic E-state index is 13.1. The molecule has 0 aliphatic carbocycles. The van der Waals surface area contributed by atoms with Crippen molar-refractivity contribution in [3.8, 4) is 17.0 Å². The van der Waals surface area contributed by atoms with Crippen LogP contribution >= 0.6 is 0 Å². The van der Waals surface area contributed by atoms with Crippen molar-refractivity contribution in [1.29, 1.82) is 0 Å². The van der Waals surface area contributed by atoms with Crippen LogP contribution in [0.4, 0.5) is 14.5 Å². The van der Waals surface area contributed by atoms with Crippen molar-refractivity contribution in [1.82, 2.24) is 29.3 Å². The fraction of sp³-hybridized carbons (Fsp3) is 0.261. The van der Waals surface area contributed by atoms with Gasteiger partial charge in [0.05, 0.1) is 18.4 Å². The molecule has 0 saturated carbocycles. The Morgan fingerprint density at radius 1 is 1.33 bits per heavy atom. The Kier molecular flexibility index (Phi) is 7.31. The molecule has 11 nitrogen and oxygen atoms in total. The quantitative estimate of drug-likeness (QED) is 0.251. The Bertz CT molecular complexity index is 1390. The van der Waals surface area contributed by atoms with Crippen LogP contribution in [-0.4, -0.2) is 73.5 Å². The highest BCUT2D eigenvalue weighted by molar-refractivity contribution is 6.09. The number of hydrogen-bond acceptors (Lipinski definition) is 8. The number of aldehydes is 1. The van der Waals surface area contributed by atoms with E-state index < -0.39 is 18.7 Å². The van der Waals surface area contributed by atoms with E-state index in [4.69, 9.17) is 0 Å². The number of alkyl halides is 2. The molecule has 1 atom stereocenters. The maximum Gasteiger partial charge on any atom is 0.387 e. The summed E-state index contributed by atoms with van der Waals surface area (Å²) >= 11 is 0. The van der Waals surface area contributed by atoms with E-state index in [9.17, 15) is 23.5 Å². The van der Waals surface area contributed by atoms with Crippen molar-refractivity contribution in [2.24, 2.45) is 0 Å². The predicted molar refractivity (Wildman–Crippen MR) is 125 cm³/mol. The van der Waals surface area contributed by atoms with Gasteiger partial charge >= 0.3 is 6.61 Å². The average molecular weight is 499 g/mol. The second kappa shape index (κ2) is 10.6. The Balaban J connectivity index is 1.79. The SMILES string of the molecule is CN(C)C(O)Cn1cc(NC(=O)c2cnn3cccnc23)c(-c2cc(CC=O)ccc2OC(F)F)n1. The smallest absolute Gasteiger partial charge is 0.387 e. The molecule has 3 aromatic heterocycles. The number of rotatable bonds is 10. The summed E-state index contributed by atoms with van der Waals surface area (Å²) in [6.07, 6.45) is 5.79. The minimum Gasteiger partial charge on any atom is -0.434 e. The van der Waals surface area contributed by atoms with Crippen LogP contribution in [0.15, 0.2) is 49.1 Å². The molecule has 4 aromatic rings. The molecular formula is C23H23F2N7O4. The van der Waals surface area contributed by atoms with Crippen LogP contribution in [0.2, 0.25) is 0 Å². The number of ether oxygens (including phenoxy) is 1. The number of anilines is 1. The summed E-state index contributed by atoms with van der Waals surface area (Å²) in [4.78, 5) is 29.9. The molecule has 1 amide bonds. The predicted octanol–water partition coefficient (Wildman–Crippen LogP) is 2.07. The van der Waals surface area contributed by atoms with Gasteiger partial charge in [-0.05, 0) is 37.9 Å². The zero-order chi connectivity index (χ0) is 25.8. The first-order valence-electron chi connectivity index (χ1n) is 10.8. The summed E-state index contributed by atoms with van der Waals surface area (Å²) in [6.45, 7) is -3.09. The number of nitrogens with one attached hydrogen (secondary N) is 1. The summed E-state index contributed by atoms with van der Waals surface area (Å²) in [6, 6.07) is 5.96. The zero-order valence-electron chi connectivity index (χ0n) is 19.4. The van der Waals surface area contributed by atoms with E-state index in [1.165, 1.54) is 46.0 Å². The van der Waals surface area contributed by atoms with E-state index in [1.807, 2.05) is 0 Å². The first-order chi connectivity index (χ1) is 17.3. The molecule has 0 radical (unpaired) electrons. The molecule has 1 unspecified atom stereocenters.